The van der Waals surface area contributed by atoms with Crippen LogP contribution < -0.4 is 5.32 Å². The molecule has 4 nitrogen and oxygen atoms in total. The second-order valence-corrected chi connectivity index (χ2v) is 4.43. The van der Waals surface area contributed by atoms with E-state index in [0.717, 1.165) is 0 Å². The number of carbonyl (C=O) groups is 1. The Bertz CT molecular complexity index is 766. The Kier molecular flexibility index (Phi) is 3.16. The maximum atomic E-state index is 13.1. The van der Waals surface area contributed by atoms with Crippen LogP contribution in [0.5, 0.6) is 0 Å². The molecular weight excluding hydrogens is 257 g/mol. The summed E-state index contributed by atoms with van der Waals surface area (Å²) >= 11 is 0. The van der Waals surface area contributed by atoms with Crippen LogP contribution in [0, 0.1) is 5.82 Å². The van der Waals surface area contributed by atoms with E-state index in [2.05, 4.69) is 10.3 Å². The Balaban J connectivity index is 1.77. The van der Waals surface area contributed by atoms with Crippen LogP contribution in [0.3, 0.4) is 0 Å². The van der Waals surface area contributed by atoms with Crippen molar-refractivity contribution >= 4 is 17.2 Å². The average molecular weight is 269 g/mol. The normalized spacial score (nSPS) is 10.7. The van der Waals surface area contributed by atoms with E-state index in [-0.39, 0.29) is 18.1 Å². The van der Waals surface area contributed by atoms with Gasteiger partial charge in [0.1, 0.15) is 5.82 Å². The van der Waals surface area contributed by atoms with Crippen molar-refractivity contribution in [1.82, 2.24) is 9.38 Å². The fraction of sp³-hybridized carbons (Fsp3) is 0.0667. The minimum atomic E-state index is -0.342. The van der Waals surface area contributed by atoms with Crippen LogP contribution >= 0.6 is 0 Å². The van der Waals surface area contributed by atoms with Crippen molar-refractivity contribution in [2.75, 3.05) is 5.32 Å². The molecule has 2 aromatic heterocycles. The van der Waals surface area contributed by atoms with E-state index in [4.69, 9.17) is 0 Å². The quantitative estimate of drug-likeness (QED) is 0.794. The van der Waals surface area contributed by atoms with E-state index >= 15 is 0 Å². The second kappa shape index (κ2) is 5.13. The molecule has 0 fully saturated rings. The SMILES string of the molecule is O=C(Cc1cccc(F)c1)Nc1cccn2ccnc12. The first-order chi connectivity index (χ1) is 9.72. The number of imidazole rings is 1. The lowest BCUT2D eigenvalue weighted by atomic mass is 10.1. The summed E-state index contributed by atoms with van der Waals surface area (Å²) in [6, 6.07) is 9.63. The molecule has 1 amide bonds. The summed E-state index contributed by atoms with van der Waals surface area (Å²) in [5.41, 5.74) is 1.96. The maximum Gasteiger partial charge on any atom is 0.228 e. The molecule has 1 N–H and O–H groups in total. The van der Waals surface area contributed by atoms with Crippen LogP contribution in [0.15, 0.2) is 55.0 Å². The number of rotatable bonds is 3. The monoisotopic (exact) mass is 269 g/mol. The first-order valence-electron chi connectivity index (χ1n) is 6.18. The van der Waals surface area contributed by atoms with Crippen molar-refractivity contribution in [3.8, 4) is 0 Å². The summed E-state index contributed by atoms with van der Waals surface area (Å²) in [4.78, 5) is 16.2. The molecule has 0 aliphatic heterocycles. The van der Waals surface area contributed by atoms with Crippen molar-refractivity contribution in [2.45, 2.75) is 6.42 Å². The summed E-state index contributed by atoms with van der Waals surface area (Å²) in [6.07, 6.45) is 5.44. The van der Waals surface area contributed by atoms with E-state index in [1.54, 1.807) is 30.6 Å². The molecule has 0 aliphatic rings. The number of halogens is 1. The van der Waals surface area contributed by atoms with Crippen LogP contribution in [-0.2, 0) is 11.2 Å². The van der Waals surface area contributed by atoms with Gasteiger partial charge < -0.3 is 9.72 Å². The van der Waals surface area contributed by atoms with E-state index in [9.17, 15) is 9.18 Å². The zero-order valence-electron chi connectivity index (χ0n) is 10.6. The minimum Gasteiger partial charge on any atom is -0.323 e. The topological polar surface area (TPSA) is 46.4 Å². The molecule has 100 valence electrons. The molecule has 3 aromatic rings. The van der Waals surface area contributed by atoms with E-state index in [1.807, 2.05) is 16.7 Å². The number of fused-ring (bicyclic) bond motifs is 1. The number of benzene rings is 1. The molecule has 0 bridgehead atoms. The van der Waals surface area contributed by atoms with Gasteiger partial charge in [0.2, 0.25) is 5.91 Å². The Morgan fingerprint density at radius 3 is 3.00 bits per heavy atom. The minimum absolute atomic E-state index is 0.125. The lowest BCUT2D eigenvalue weighted by molar-refractivity contribution is -0.115. The van der Waals surface area contributed by atoms with Gasteiger partial charge in [0.25, 0.3) is 0 Å². The maximum absolute atomic E-state index is 13.1. The van der Waals surface area contributed by atoms with Gasteiger partial charge in [-0.05, 0) is 29.8 Å². The van der Waals surface area contributed by atoms with Crippen LogP contribution in [0.4, 0.5) is 10.1 Å². The Labute approximate surface area is 114 Å². The fourth-order valence-corrected chi connectivity index (χ4v) is 2.07. The predicted molar refractivity (Wildman–Crippen MR) is 73.9 cm³/mol. The van der Waals surface area contributed by atoms with Gasteiger partial charge in [-0.3, -0.25) is 4.79 Å². The highest BCUT2D eigenvalue weighted by Gasteiger charge is 2.08. The van der Waals surface area contributed by atoms with Gasteiger partial charge in [0.05, 0.1) is 12.1 Å². The summed E-state index contributed by atoms with van der Waals surface area (Å²) in [5.74, 6) is -0.544. The van der Waals surface area contributed by atoms with Gasteiger partial charge in [-0.1, -0.05) is 12.1 Å². The number of hydrogen-bond acceptors (Lipinski definition) is 2. The van der Waals surface area contributed by atoms with Crippen LogP contribution in [-0.4, -0.2) is 15.3 Å². The molecule has 0 atom stereocenters. The average Bonchev–Trinajstić information content (AvgIpc) is 2.88. The van der Waals surface area contributed by atoms with Crippen molar-refractivity contribution in [2.24, 2.45) is 0 Å². The van der Waals surface area contributed by atoms with Crippen molar-refractivity contribution in [3.05, 3.63) is 66.4 Å². The largest absolute Gasteiger partial charge is 0.323 e. The number of anilines is 1. The molecule has 0 saturated heterocycles. The molecule has 0 unspecified atom stereocenters. The standard InChI is InChI=1S/C15H12FN3O/c16-12-4-1-3-11(9-12)10-14(20)18-13-5-2-7-19-8-6-17-15(13)19/h1-9H,10H2,(H,18,20). The predicted octanol–water partition coefficient (Wildman–Crippen LogP) is 2.65. The van der Waals surface area contributed by atoms with Gasteiger partial charge in [-0.25, -0.2) is 9.37 Å². The van der Waals surface area contributed by atoms with Gasteiger partial charge in [0.15, 0.2) is 5.65 Å². The Morgan fingerprint density at radius 1 is 1.25 bits per heavy atom. The molecular formula is C15H12FN3O. The Morgan fingerprint density at radius 2 is 2.15 bits per heavy atom. The Hall–Kier alpha value is -2.69. The van der Waals surface area contributed by atoms with Gasteiger partial charge in [-0.15, -0.1) is 0 Å². The summed E-state index contributed by atoms with van der Waals surface area (Å²) in [6.45, 7) is 0. The first kappa shape index (κ1) is 12.3. The summed E-state index contributed by atoms with van der Waals surface area (Å²) in [7, 11) is 0. The fourth-order valence-electron chi connectivity index (χ4n) is 2.07. The van der Waals surface area contributed by atoms with Crippen molar-refractivity contribution < 1.29 is 9.18 Å². The number of aromatic nitrogens is 2. The van der Waals surface area contributed by atoms with Crippen LogP contribution in [0.25, 0.3) is 5.65 Å². The van der Waals surface area contributed by atoms with Crippen LogP contribution in [0.2, 0.25) is 0 Å². The molecule has 0 aliphatic carbocycles. The molecule has 0 spiro atoms. The molecule has 5 heteroatoms. The smallest absolute Gasteiger partial charge is 0.228 e. The highest BCUT2D eigenvalue weighted by Crippen LogP contribution is 2.15. The van der Waals surface area contributed by atoms with Crippen molar-refractivity contribution in [3.63, 3.8) is 0 Å². The van der Waals surface area contributed by atoms with Gasteiger partial charge in [0, 0.05) is 18.6 Å². The molecule has 3 rings (SSSR count). The molecule has 0 radical (unpaired) electrons. The first-order valence-corrected chi connectivity index (χ1v) is 6.18. The zero-order chi connectivity index (χ0) is 13.9. The number of carbonyl (C=O) groups excluding carboxylic acids is 1. The molecule has 1 aromatic carbocycles. The van der Waals surface area contributed by atoms with Gasteiger partial charge in [-0.2, -0.15) is 0 Å². The second-order valence-electron chi connectivity index (χ2n) is 4.43. The van der Waals surface area contributed by atoms with Crippen molar-refractivity contribution in [1.29, 1.82) is 0 Å². The van der Waals surface area contributed by atoms with E-state index in [0.29, 0.717) is 16.9 Å². The highest BCUT2D eigenvalue weighted by atomic mass is 19.1. The van der Waals surface area contributed by atoms with E-state index in [1.165, 1.54) is 12.1 Å². The summed E-state index contributed by atoms with van der Waals surface area (Å²) < 4.78 is 14.9. The number of pyridine rings is 1. The van der Waals surface area contributed by atoms with Gasteiger partial charge >= 0.3 is 0 Å². The molecule has 20 heavy (non-hydrogen) atoms. The third kappa shape index (κ3) is 2.51. The number of amides is 1. The van der Waals surface area contributed by atoms with E-state index < -0.39 is 0 Å². The highest BCUT2D eigenvalue weighted by molar-refractivity contribution is 5.95. The third-order valence-electron chi connectivity index (χ3n) is 2.95. The van der Waals surface area contributed by atoms with Crippen LogP contribution in [0.1, 0.15) is 5.56 Å². The lowest BCUT2D eigenvalue weighted by Gasteiger charge is -2.06. The number of nitrogens with one attached hydrogen (secondary N) is 1. The molecule has 0 saturated carbocycles. The molecule has 2 heterocycles. The lowest BCUT2D eigenvalue weighted by Crippen LogP contribution is -2.15. The number of hydrogen-bond donors (Lipinski definition) is 1. The summed E-state index contributed by atoms with van der Waals surface area (Å²) in [5, 5.41) is 2.79. The zero-order valence-corrected chi connectivity index (χ0v) is 10.6. The number of nitrogens with zero attached hydrogens (tertiary/aromatic N) is 2. The third-order valence-corrected chi connectivity index (χ3v) is 2.95.